The van der Waals surface area contributed by atoms with Gasteiger partial charge < -0.3 is 4.90 Å². The van der Waals surface area contributed by atoms with Crippen LogP contribution in [-0.2, 0) is 5.41 Å². The molecule has 10 rings (SSSR count). The Kier molecular flexibility index (Phi) is 6.22. The summed E-state index contributed by atoms with van der Waals surface area (Å²) in [5.74, 6) is 0. The van der Waals surface area contributed by atoms with Crippen LogP contribution in [0.5, 0.6) is 0 Å². The summed E-state index contributed by atoms with van der Waals surface area (Å²) in [6.45, 7) is 7.26. The maximum atomic E-state index is 2.55. The van der Waals surface area contributed by atoms with Gasteiger partial charge in [-0.15, -0.1) is 0 Å². The first kappa shape index (κ1) is 29.2. The van der Waals surface area contributed by atoms with Crippen molar-refractivity contribution in [3.63, 3.8) is 0 Å². The minimum Gasteiger partial charge on any atom is -0.310 e. The van der Waals surface area contributed by atoms with Gasteiger partial charge in [-0.1, -0.05) is 164 Å². The number of para-hydroxylation sites is 1. The summed E-state index contributed by atoms with van der Waals surface area (Å²) < 4.78 is 0. The normalized spacial score (nSPS) is 13.7. The van der Waals surface area contributed by atoms with Crippen molar-refractivity contribution in [2.45, 2.75) is 25.1 Å². The highest BCUT2D eigenvalue weighted by molar-refractivity contribution is 6.88. The molecule has 0 unspecified atom stereocenters. The Balaban J connectivity index is 1.37. The lowest BCUT2D eigenvalue weighted by Gasteiger charge is -2.33. The molecule has 8 aromatic carbocycles. The first-order valence-corrected chi connectivity index (χ1v) is 21.2. The SMILES string of the molecule is C[Si](C)(C)c1ccc(N(c2ccccc2)c2cc3c(c4ccccc24)-c2ccc4ccccc4c2C32c3ccccc3-c3ccccc32)cc1. The Morgan fingerprint density at radius 1 is 0.440 bits per heavy atom. The summed E-state index contributed by atoms with van der Waals surface area (Å²) in [6, 6.07) is 63.9. The van der Waals surface area contributed by atoms with Gasteiger partial charge in [0.2, 0.25) is 0 Å². The zero-order chi connectivity index (χ0) is 33.6. The van der Waals surface area contributed by atoms with E-state index < -0.39 is 13.5 Å². The Labute approximate surface area is 295 Å². The molecule has 0 radical (unpaired) electrons. The molecule has 0 bridgehead atoms. The fourth-order valence-electron chi connectivity index (χ4n) is 9.06. The first-order valence-electron chi connectivity index (χ1n) is 17.7. The summed E-state index contributed by atoms with van der Waals surface area (Å²) in [5, 5.41) is 6.60. The number of fused-ring (bicyclic) bond motifs is 14. The zero-order valence-electron chi connectivity index (χ0n) is 28.6. The number of anilines is 3. The summed E-state index contributed by atoms with van der Waals surface area (Å²) in [5.41, 5.74) is 13.9. The van der Waals surface area contributed by atoms with E-state index in [0.717, 1.165) is 5.69 Å². The Bertz CT molecular complexity index is 2580. The second-order valence-corrected chi connectivity index (χ2v) is 20.0. The van der Waals surface area contributed by atoms with E-state index in [0.29, 0.717) is 0 Å². The summed E-state index contributed by atoms with van der Waals surface area (Å²) in [6.07, 6.45) is 0. The van der Waals surface area contributed by atoms with Gasteiger partial charge in [0, 0.05) is 16.8 Å². The largest absolute Gasteiger partial charge is 0.310 e. The number of benzene rings is 8. The third-order valence-corrected chi connectivity index (χ3v) is 13.3. The second kappa shape index (κ2) is 10.6. The molecule has 0 saturated carbocycles. The van der Waals surface area contributed by atoms with E-state index in [1.54, 1.807) is 0 Å². The van der Waals surface area contributed by atoms with Gasteiger partial charge in [-0.2, -0.15) is 0 Å². The van der Waals surface area contributed by atoms with E-state index in [9.17, 15) is 0 Å². The van der Waals surface area contributed by atoms with Gasteiger partial charge in [-0.05, 0) is 91.0 Å². The van der Waals surface area contributed by atoms with Gasteiger partial charge in [0.15, 0.2) is 0 Å². The molecule has 0 aliphatic heterocycles. The van der Waals surface area contributed by atoms with E-state index in [4.69, 9.17) is 0 Å². The third kappa shape index (κ3) is 3.94. The highest BCUT2D eigenvalue weighted by Crippen LogP contribution is 2.66. The Hall–Kier alpha value is -5.70. The van der Waals surface area contributed by atoms with E-state index in [-0.39, 0.29) is 0 Å². The minimum absolute atomic E-state index is 0.471. The quantitative estimate of drug-likeness (QED) is 0.171. The fraction of sp³-hybridized carbons (Fsp3) is 0.0833. The van der Waals surface area contributed by atoms with Crippen LogP contribution in [0.1, 0.15) is 22.3 Å². The predicted octanol–water partition coefficient (Wildman–Crippen LogP) is 12.4. The van der Waals surface area contributed by atoms with Gasteiger partial charge in [0.25, 0.3) is 0 Å². The number of hydrogen-bond acceptors (Lipinski definition) is 1. The lowest BCUT2D eigenvalue weighted by atomic mass is 9.69. The van der Waals surface area contributed by atoms with Crippen LogP contribution in [0.15, 0.2) is 170 Å². The molecule has 2 heteroatoms. The topological polar surface area (TPSA) is 3.24 Å². The molecular formula is C48H37NSi. The predicted molar refractivity (Wildman–Crippen MR) is 215 cm³/mol. The van der Waals surface area contributed by atoms with Crippen molar-refractivity contribution in [2.24, 2.45) is 0 Å². The van der Waals surface area contributed by atoms with Crippen molar-refractivity contribution in [3.05, 3.63) is 192 Å². The van der Waals surface area contributed by atoms with E-state index in [2.05, 4.69) is 194 Å². The van der Waals surface area contributed by atoms with Crippen LogP contribution in [0.4, 0.5) is 17.1 Å². The molecule has 1 spiro atoms. The molecule has 238 valence electrons. The van der Waals surface area contributed by atoms with Crippen molar-refractivity contribution in [2.75, 3.05) is 4.90 Å². The average Bonchev–Trinajstić information content (AvgIpc) is 3.63. The van der Waals surface area contributed by atoms with Crippen molar-refractivity contribution in [3.8, 4) is 22.3 Å². The fourth-order valence-corrected chi connectivity index (χ4v) is 10.2. The van der Waals surface area contributed by atoms with Crippen LogP contribution in [-0.4, -0.2) is 8.07 Å². The number of hydrogen-bond donors (Lipinski definition) is 0. The van der Waals surface area contributed by atoms with Gasteiger partial charge in [-0.25, -0.2) is 0 Å². The Morgan fingerprint density at radius 2 is 1.00 bits per heavy atom. The minimum atomic E-state index is -1.47. The lowest BCUT2D eigenvalue weighted by molar-refractivity contribution is 0.802. The molecule has 0 N–H and O–H groups in total. The summed E-state index contributed by atoms with van der Waals surface area (Å²) in [4.78, 5) is 2.48. The zero-order valence-corrected chi connectivity index (χ0v) is 29.6. The van der Waals surface area contributed by atoms with E-state index >= 15 is 0 Å². The number of nitrogens with zero attached hydrogens (tertiary/aromatic N) is 1. The maximum Gasteiger partial charge on any atom is 0.0775 e. The van der Waals surface area contributed by atoms with Gasteiger partial charge >= 0.3 is 0 Å². The standard InChI is InChI=1S/C48H37NSi/c1-50(2,3)35-28-26-34(27-29-35)49(33-16-5-4-6-17-33)45-31-44-46(40-22-10-9-21-39(40)45)41-30-25-32-15-7-8-18-36(32)47(41)48(44)42-23-13-11-19-37(42)38-20-12-14-24-43(38)48/h4-31H,1-3H3. The van der Waals surface area contributed by atoms with Crippen LogP contribution in [0.25, 0.3) is 43.8 Å². The monoisotopic (exact) mass is 655 g/mol. The molecule has 2 aliphatic rings. The van der Waals surface area contributed by atoms with E-state index in [1.165, 1.54) is 82.6 Å². The van der Waals surface area contributed by atoms with Crippen molar-refractivity contribution in [1.29, 1.82) is 0 Å². The molecular weight excluding hydrogens is 619 g/mol. The van der Waals surface area contributed by atoms with Crippen LogP contribution >= 0.6 is 0 Å². The van der Waals surface area contributed by atoms with Crippen molar-refractivity contribution < 1.29 is 0 Å². The summed E-state index contributed by atoms with van der Waals surface area (Å²) >= 11 is 0. The van der Waals surface area contributed by atoms with Crippen LogP contribution in [0.2, 0.25) is 19.6 Å². The van der Waals surface area contributed by atoms with Gasteiger partial charge in [0.1, 0.15) is 0 Å². The third-order valence-electron chi connectivity index (χ3n) is 11.2. The Morgan fingerprint density at radius 3 is 1.68 bits per heavy atom. The van der Waals surface area contributed by atoms with E-state index in [1.807, 2.05) is 0 Å². The highest BCUT2D eigenvalue weighted by Gasteiger charge is 2.53. The molecule has 0 saturated heterocycles. The second-order valence-electron chi connectivity index (χ2n) is 14.9. The molecule has 0 fully saturated rings. The lowest BCUT2D eigenvalue weighted by Crippen LogP contribution is -2.37. The van der Waals surface area contributed by atoms with Crippen LogP contribution in [0.3, 0.4) is 0 Å². The number of rotatable bonds is 4. The highest BCUT2D eigenvalue weighted by atomic mass is 28.3. The molecule has 2 aliphatic carbocycles. The van der Waals surface area contributed by atoms with Crippen molar-refractivity contribution >= 4 is 51.9 Å². The van der Waals surface area contributed by atoms with Crippen LogP contribution in [0, 0.1) is 0 Å². The first-order chi connectivity index (χ1) is 24.5. The maximum absolute atomic E-state index is 2.55. The summed E-state index contributed by atoms with van der Waals surface area (Å²) in [7, 11) is -1.47. The average molecular weight is 656 g/mol. The smallest absolute Gasteiger partial charge is 0.0775 e. The van der Waals surface area contributed by atoms with Gasteiger partial charge in [0.05, 0.1) is 19.2 Å². The molecule has 0 amide bonds. The molecule has 1 nitrogen and oxygen atoms in total. The molecule has 0 atom stereocenters. The molecule has 50 heavy (non-hydrogen) atoms. The molecule has 0 aromatic heterocycles. The molecule has 0 heterocycles. The van der Waals surface area contributed by atoms with Gasteiger partial charge in [-0.3, -0.25) is 0 Å². The van der Waals surface area contributed by atoms with Crippen molar-refractivity contribution in [1.82, 2.24) is 0 Å². The van der Waals surface area contributed by atoms with Crippen LogP contribution < -0.4 is 10.1 Å². The molecule has 8 aromatic rings.